The van der Waals surface area contributed by atoms with Crippen LogP contribution in [-0.4, -0.2) is 18.0 Å². The highest BCUT2D eigenvalue weighted by Crippen LogP contribution is 2.38. The number of benzene rings is 1. The zero-order chi connectivity index (χ0) is 14.1. The molecule has 1 aromatic carbocycles. The van der Waals surface area contributed by atoms with Crippen LogP contribution in [0.3, 0.4) is 0 Å². The molecule has 0 atom stereocenters. The van der Waals surface area contributed by atoms with E-state index in [9.17, 15) is 4.79 Å². The molecule has 1 aliphatic heterocycles. The third-order valence-electron chi connectivity index (χ3n) is 3.40. The van der Waals surface area contributed by atoms with Crippen molar-refractivity contribution in [1.29, 1.82) is 0 Å². The summed E-state index contributed by atoms with van der Waals surface area (Å²) in [5.41, 5.74) is 3.97. The van der Waals surface area contributed by atoms with Crippen molar-refractivity contribution in [2.45, 2.75) is 6.92 Å². The molecule has 1 N–H and O–H groups in total. The molecule has 0 bridgehead atoms. The lowest BCUT2D eigenvalue weighted by molar-refractivity contribution is -0.110. The molecule has 0 saturated carbocycles. The summed E-state index contributed by atoms with van der Waals surface area (Å²) in [7, 11) is 1.61. The Morgan fingerprint density at radius 3 is 2.80 bits per heavy atom. The number of pyridine rings is 1. The number of methoxy groups -OCH3 is 1. The van der Waals surface area contributed by atoms with Crippen molar-refractivity contribution < 1.29 is 9.53 Å². The highest BCUT2D eigenvalue weighted by Gasteiger charge is 2.27. The zero-order valence-electron chi connectivity index (χ0n) is 11.3. The van der Waals surface area contributed by atoms with Gasteiger partial charge in [0, 0.05) is 17.4 Å². The maximum Gasteiger partial charge on any atom is 0.256 e. The molecule has 0 unspecified atom stereocenters. The van der Waals surface area contributed by atoms with Crippen molar-refractivity contribution in [2.24, 2.45) is 0 Å². The summed E-state index contributed by atoms with van der Waals surface area (Å²) in [5, 5.41) is 2.87. The number of carbonyl (C=O) groups is 1. The highest BCUT2D eigenvalue weighted by atomic mass is 16.5. The summed E-state index contributed by atoms with van der Waals surface area (Å²) >= 11 is 0. The lowest BCUT2D eigenvalue weighted by Crippen LogP contribution is -2.05. The first-order chi connectivity index (χ1) is 9.70. The third-order valence-corrected chi connectivity index (χ3v) is 3.40. The lowest BCUT2D eigenvalue weighted by atomic mass is 9.99. The van der Waals surface area contributed by atoms with Crippen molar-refractivity contribution in [3.05, 3.63) is 53.9 Å². The van der Waals surface area contributed by atoms with E-state index in [0.717, 1.165) is 28.3 Å². The van der Waals surface area contributed by atoms with Gasteiger partial charge in [-0.05, 0) is 42.8 Å². The maximum absolute atomic E-state index is 12.2. The van der Waals surface area contributed by atoms with Gasteiger partial charge in [0.2, 0.25) is 0 Å². The van der Waals surface area contributed by atoms with Gasteiger partial charge in [0.15, 0.2) is 0 Å². The number of ether oxygens (including phenoxy) is 1. The average molecular weight is 266 g/mol. The molecule has 1 amide bonds. The average Bonchev–Trinajstić information content (AvgIpc) is 2.82. The van der Waals surface area contributed by atoms with E-state index in [-0.39, 0.29) is 5.91 Å². The zero-order valence-corrected chi connectivity index (χ0v) is 11.3. The molecule has 0 aliphatic carbocycles. The summed E-state index contributed by atoms with van der Waals surface area (Å²) < 4.78 is 5.23. The minimum atomic E-state index is -0.101. The third kappa shape index (κ3) is 1.95. The summed E-state index contributed by atoms with van der Waals surface area (Å²) in [5.74, 6) is 0.628. The number of carbonyl (C=O) groups excluding carboxylic acids is 1. The Labute approximate surface area is 117 Å². The van der Waals surface area contributed by atoms with E-state index < -0.39 is 0 Å². The normalized spacial score (nSPS) is 15.6. The monoisotopic (exact) mass is 266 g/mol. The Bertz CT molecular complexity index is 706. The molecule has 3 rings (SSSR count). The SMILES string of the molecule is COc1ccc2c(c1)/C(=C(/C)c1ccccn1)C(=O)N2. The van der Waals surface area contributed by atoms with E-state index in [2.05, 4.69) is 10.3 Å². The van der Waals surface area contributed by atoms with E-state index in [4.69, 9.17) is 4.74 Å². The van der Waals surface area contributed by atoms with Gasteiger partial charge in [-0.25, -0.2) is 0 Å². The van der Waals surface area contributed by atoms with Crippen LogP contribution in [0.5, 0.6) is 5.75 Å². The second-order valence-electron chi connectivity index (χ2n) is 4.58. The van der Waals surface area contributed by atoms with Gasteiger partial charge in [0.1, 0.15) is 5.75 Å². The predicted octanol–water partition coefficient (Wildman–Crippen LogP) is 2.97. The minimum Gasteiger partial charge on any atom is -0.497 e. The number of hydrogen-bond acceptors (Lipinski definition) is 3. The summed E-state index contributed by atoms with van der Waals surface area (Å²) in [6.45, 7) is 1.91. The molecule has 0 saturated heterocycles. The van der Waals surface area contributed by atoms with Gasteiger partial charge in [0.25, 0.3) is 5.91 Å². The number of fused-ring (bicyclic) bond motifs is 1. The molecule has 20 heavy (non-hydrogen) atoms. The molecular weight excluding hydrogens is 252 g/mol. The van der Waals surface area contributed by atoms with E-state index in [1.165, 1.54) is 0 Å². The van der Waals surface area contributed by atoms with Crippen LogP contribution in [0.25, 0.3) is 11.1 Å². The van der Waals surface area contributed by atoms with Gasteiger partial charge < -0.3 is 10.1 Å². The Morgan fingerprint density at radius 1 is 1.25 bits per heavy atom. The molecule has 100 valence electrons. The largest absolute Gasteiger partial charge is 0.497 e. The summed E-state index contributed by atoms with van der Waals surface area (Å²) in [4.78, 5) is 16.5. The van der Waals surface area contributed by atoms with Crippen LogP contribution in [0.15, 0.2) is 42.6 Å². The van der Waals surface area contributed by atoms with Crippen molar-refractivity contribution in [3.8, 4) is 5.75 Å². The molecule has 2 heterocycles. The number of rotatable bonds is 2. The van der Waals surface area contributed by atoms with Gasteiger partial charge in [0.05, 0.1) is 18.4 Å². The van der Waals surface area contributed by atoms with Crippen LogP contribution in [0.1, 0.15) is 18.2 Å². The molecule has 4 heteroatoms. The smallest absolute Gasteiger partial charge is 0.256 e. The first-order valence-electron chi connectivity index (χ1n) is 6.33. The molecule has 0 fully saturated rings. The topological polar surface area (TPSA) is 51.2 Å². The minimum absolute atomic E-state index is 0.101. The first-order valence-corrected chi connectivity index (χ1v) is 6.33. The predicted molar refractivity (Wildman–Crippen MR) is 78.3 cm³/mol. The number of hydrogen-bond donors (Lipinski definition) is 1. The molecule has 0 radical (unpaired) electrons. The van der Waals surface area contributed by atoms with Crippen LogP contribution < -0.4 is 10.1 Å². The van der Waals surface area contributed by atoms with Crippen molar-refractivity contribution >= 4 is 22.7 Å². The number of allylic oxidation sites excluding steroid dienone is 1. The number of aromatic nitrogens is 1. The van der Waals surface area contributed by atoms with E-state index in [1.54, 1.807) is 13.3 Å². The second-order valence-corrected chi connectivity index (χ2v) is 4.58. The van der Waals surface area contributed by atoms with Gasteiger partial charge in [-0.1, -0.05) is 6.07 Å². The molecule has 4 nitrogen and oxygen atoms in total. The van der Waals surface area contributed by atoms with E-state index in [1.807, 2.05) is 43.3 Å². The molecule has 1 aromatic heterocycles. The Balaban J connectivity index is 2.18. The van der Waals surface area contributed by atoms with Gasteiger partial charge in [-0.2, -0.15) is 0 Å². The Hall–Kier alpha value is -2.62. The molecule has 0 spiro atoms. The summed E-state index contributed by atoms with van der Waals surface area (Å²) in [6, 6.07) is 11.2. The highest BCUT2D eigenvalue weighted by molar-refractivity contribution is 6.36. The fraction of sp³-hybridized carbons (Fsp3) is 0.125. The first kappa shape index (κ1) is 12.4. The fourth-order valence-electron chi connectivity index (χ4n) is 2.36. The van der Waals surface area contributed by atoms with Crippen LogP contribution >= 0.6 is 0 Å². The number of nitrogens with zero attached hydrogens (tertiary/aromatic N) is 1. The number of nitrogens with one attached hydrogen (secondary N) is 1. The Morgan fingerprint density at radius 2 is 2.10 bits per heavy atom. The van der Waals surface area contributed by atoms with E-state index in [0.29, 0.717) is 5.57 Å². The van der Waals surface area contributed by atoms with Crippen LogP contribution in [0.2, 0.25) is 0 Å². The van der Waals surface area contributed by atoms with Crippen LogP contribution in [0, 0.1) is 0 Å². The standard InChI is InChI=1S/C16H14N2O2/c1-10(13-5-3-4-8-17-13)15-12-9-11(20-2)6-7-14(12)18-16(15)19/h3-9H,1-2H3,(H,18,19)/b15-10+. The van der Waals surface area contributed by atoms with Crippen LogP contribution in [-0.2, 0) is 4.79 Å². The quantitative estimate of drug-likeness (QED) is 0.850. The fourth-order valence-corrected chi connectivity index (χ4v) is 2.36. The van der Waals surface area contributed by atoms with Gasteiger partial charge in [-0.3, -0.25) is 9.78 Å². The van der Waals surface area contributed by atoms with Crippen molar-refractivity contribution in [1.82, 2.24) is 4.98 Å². The molecular formula is C16H14N2O2. The second kappa shape index (κ2) is 4.81. The van der Waals surface area contributed by atoms with Gasteiger partial charge in [-0.15, -0.1) is 0 Å². The maximum atomic E-state index is 12.2. The molecule has 1 aliphatic rings. The van der Waals surface area contributed by atoms with Crippen LogP contribution in [0.4, 0.5) is 5.69 Å². The number of amides is 1. The van der Waals surface area contributed by atoms with Crippen molar-refractivity contribution in [2.75, 3.05) is 12.4 Å². The Kier molecular flexibility index (Phi) is 2.99. The molecule has 2 aromatic rings. The van der Waals surface area contributed by atoms with Gasteiger partial charge >= 0.3 is 0 Å². The lowest BCUT2D eigenvalue weighted by Gasteiger charge is -2.06. The van der Waals surface area contributed by atoms with E-state index >= 15 is 0 Å². The summed E-state index contributed by atoms with van der Waals surface area (Å²) in [6.07, 6.45) is 1.72. The number of anilines is 1. The van der Waals surface area contributed by atoms with Crippen molar-refractivity contribution in [3.63, 3.8) is 0 Å².